The van der Waals surface area contributed by atoms with E-state index in [-0.39, 0.29) is 24.5 Å². The van der Waals surface area contributed by atoms with Gasteiger partial charge in [-0.25, -0.2) is 4.79 Å². The highest BCUT2D eigenvalue weighted by Gasteiger charge is 2.20. The van der Waals surface area contributed by atoms with Gasteiger partial charge >= 0.3 is 47.4 Å². The molecule has 0 radical (unpaired) electrons. The number of nitrogen functional groups attached to an aromatic ring is 1. The quantitative estimate of drug-likeness (QED) is 0.0936. The highest BCUT2D eigenvalue weighted by atomic mass is 16.4. The Labute approximate surface area is 277 Å². The average molecular weight is 704 g/mol. The molecule has 16 N–H and O–H groups in total. The molecule has 4 atom stereocenters. The molecule has 0 bridgehead atoms. The van der Waals surface area contributed by atoms with Gasteiger partial charge < -0.3 is 68.4 Å². The summed E-state index contributed by atoms with van der Waals surface area (Å²) in [6.45, 7) is 2.73. The lowest BCUT2D eigenvalue weighted by Gasteiger charge is -2.01. The second-order valence-corrected chi connectivity index (χ2v) is 9.95. The summed E-state index contributed by atoms with van der Waals surface area (Å²) in [5.41, 5.74) is 22.0. The molecular weight excluding hydrogens is 662 g/mol. The van der Waals surface area contributed by atoms with Crippen molar-refractivity contribution in [3.05, 3.63) is 40.2 Å². The molecule has 3 rings (SSSR count). The van der Waals surface area contributed by atoms with Crippen LogP contribution in [-0.2, 0) is 33.6 Å². The Balaban J connectivity index is 0. The minimum atomic E-state index is -1.29. The van der Waals surface area contributed by atoms with Gasteiger partial charge in [-0.15, -0.1) is 0 Å². The van der Waals surface area contributed by atoms with Crippen molar-refractivity contribution in [3.8, 4) is 0 Å². The third-order valence-electron chi connectivity index (χ3n) is 5.74. The molecule has 0 saturated carbocycles. The number of aryl methyl sites for hydroxylation is 1. The highest BCUT2D eigenvalue weighted by Crippen LogP contribution is 2.18. The summed E-state index contributed by atoms with van der Waals surface area (Å²) in [6, 6.07) is 2.86. The van der Waals surface area contributed by atoms with Gasteiger partial charge in [0, 0.05) is 29.6 Å². The Morgan fingerprint density at radius 1 is 0.796 bits per heavy atom. The molecule has 1 aromatic heterocycles. The summed E-state index contributed by atoms with van der Waals surface area (Å²) in [6.07, 6.45) is 0.495. The Morgan fingerprint density at radius 3 is 1.61 bits per heavy atom. The van der Waals surface area contributed by atoms with Gasteiger partial charge in [-0.2, -0.15) is 0 Å². The topological polar surface area (TPSA) is 407 Å². The normalized spacial score (nSPS) is 14.6. The van der Waals surface area contributed by atoms with Crippen molar-refractivity contribution >= 4 is 58.4 Å². The molecular formula is C28H41N5O16. The van der Waals surface area contributed by atoms with Crippen molar-refractivity contribution < 1.29 is 73.7 Å². The fourth-order valence-electron chi connectivity index (χ4n) is 3.19. The summed E-state index contributed by atoms with van der Waals surface area (Å²) in [7, 11) is 0. The molecule has 21 nitrogen and oxygen atoms in total. The molecule has 0 spiro atoms. The first-order chi connectivity index (χ1) is 22.6. The van der Waals surface area contributed by atoms with Gasteiger partial charge in [0.15, 0.2) is 0 Å². The number of nitrogens with two attached hydrogens (primary N) is 4. The number of carboxylic acid groups (broad SMARTS) is 7. The van der Waals surface area contributed by atoms with E-state index in [2.05, 4.69) is 5.32 Å². The summed E-state index contributed by atoms with van der Waals surface area (Å²) < 4.78 is 4.99. The zero-order chi connectivity index (χ0) is 38.4. The smallest absolute Gasteiger partial charge is 0.336 e. The summed E-state index contributed by atoms with van der Waals surface area (Å²) in [5.74, 6) is -7.91. The van der Waals surface area contributed by atoms with E-state index >= 15 is 0 Å². The van der Waals surface area contributed by atoms with Gasteiger partial charge in [-0.3, -0.25) is 33.6 Å². The number of fused-ring (bicyclic) bond motifs is 1. The molecule has 0 amide bonds. The first-order valence-corrected chi connectivity index (χ1v) is 14.0. The van der Waals surface area contributed by atoms with Crippen LogP contribution in [0.1, 0.15) is 44.1 Å². The summed E-state index contributed by atoms with van der Waals surface area (Å²) in [5, 5.41) is 60.5. The molecule has 2 aromatic rings. The maximum absolute atomic E-state index is 11.0. The van der Waals surface area contributed by atoms with E-state index in [1.807, 2.05) is 13.0 Å². The largest absolute Gasteiger partial charge is 0.481 e. The van der Waals surface area contributed by atoms with Crippen molar-refractivity contribution in [1.82, 2.24) is 5.32 Å². The number of nitrogens with one attached hydrogen (secondary N) is 1. The molecule has 1 fully saturated rings. The zero-order valence-electron chi connectivity index (χ0n) is 26.2. The molecule has 1 saturated heterocycles. The maximum Gasteiger partial charge on any atom is 0.336 e. The van der Waals surface area contributed by atoms with E-state index < -0.39 is 72.8 Å². The van der Waals surface area contributed by atoms with Gasteiger partial charge in [0.05, 0.1) is 12.8 Å². The Bertz CT molecular complexity index is 1460. The van der Waals surface area contributed by atoms with Gasteiger partial charge in [0.25, 0.3) is 0 Å². The van der Waals surface area contributed by atoms with Crippen LogP contribution >= 0.6 is 0 Å². The molecule has 1 aliphatic rings. The number of carbonyl (C=O) groups is 7. The standard InChI is InChI=1S/C10H9NO2.C5H9NO4.C5H9NO2.2C4H7NO4/c1-6-4-10(12)13-9-5-7(11)2-3-8(6)9;6-3(5(9)10)1-2-4(7)8;7-5(8)4-2-1-3-6-4;2*5-2(4(8)9)1-3(6)7/h2-5H,11H2,1H3;3H,1-2,6H2,(H,7,8)(H,9,10);4,6H,1-3H2,(H,7,8);2*2H,1,5H2,(H,6,7)(H,8,9)/t;3-;4-;2*2-/m.0000/s1. The van der Waals surface area contributed by atoms with Gasteiger partial charge in [-0.1, -0.05) is 0 Å². The molecule has 0 aliphatic carbocycles. The summed E-state index contributed by atoms with van der Waals surface area (Å²) >= 11 is 0. The van der Waals surface area contributed by atoms with E-state index in [0.717, 1.165) is 30.3 Å². The van der Waals surface area contributed by atoms with Crippen LogP contribution in [0.3, 0.4) is 0 Å². The Morgan fingerprint density at radius 2 is 1.29 bits per heavy atom. The molecule has 1 aliphatic heterocycles. The third kappa shape index (κ3) is 22.5. The van der Waals surface area contributed by atoms with Gasteiger partial charge in [0.2, 0.25) is 0 Å². The van der Waals surface area contributed by atoms with Crippen LogP contribution in [-0.4, -0.2) is 108 Å². The fourth-order valence-corrected chi connectivity index (χ4v) is 3.19. The van der Waals surface area contributed by atoms with Crippen LogP contribution in [0.15, 0.2) is 33.5 Å². The number of hydrogen-bond donors (Lipinski definition) is 12. The van der Waals surface area contributed by atoms with Crippen molar-refractivity contribution in [2.24, 2.45) is 17.2 Å². The van der Waals surface area contributed by atoms with E-state index in [9.17, 15) is 38.4 Å². The lowest BCUT2D eigenvalue weighted by Crippen LogP contribution is -2.32. The van der Waals surface area contributed by atoms with Gasteiger partial charge in [-0.05, 0) is 50.4 Å². The number of aliphatic carboxylic acids is 7. The average Bonchev–Trinajstić information content (AvgIpc) is 3.52. The molecule has 274 valence electrons. The Kier molecular flexibility index (Phi) is 21.9. The first kappa shape index (κ1) is 45.5. The van der Waals surface area contributed by atoms with Crippen molar-refractivity contribution in [1.29, 1.82) is 0 Å². The predicted octanol–water partition coefficient (Wildman–Crippen LogP) is -1.48. The third-order valence-corrected chi connectivity index (χ3v) is 5.74. The number of benzene rings is 1. The van der Waals surface area contributed by atoms with Crippen LogP contribution in [0.25, 0.3) is 11.0 Å². The number of carboxylic acids is 7. The molecule has 2 heterocycles. The fraction of sp³-hybridized carbons (Fsp3) is 0.429. The van der Waals surface area contributed by atoms with Gasteiger partial charge in [0.1, 0.15) is 29.8 Å². The highest BCUT2D eigenvalue weighted by molar-refractivity contribution is 5.83. The van der Waals surface area contributed by atoms with Crippen molar-refractivity contribution in [3.63, 3.8) is 0 Å². The second-order valence-electron chi connectivity index (χ2n) is 9.95. The van der Waals surface area contributed by atoms with Crippen LogP contribution in [0.4, 0.5) is 5.69 Å². The van der Waals surface area contributed by atoms with Crippen molar-refractivity contribution in [2.75, 3.05) is 12.3 Å². The Hall–Kier alpha value is -5.64. The molecule has 0 unspecified atom stereocenters. The number of anilines is 1. The van der Waals surface area contributed by atoms with Crippen LogP contribution < -0.4 is 33.9 Å². The second kappa shape index (κ2) is 23.6. The monoisotopic (exact) mass is 703 g/mol. The predicted molar refractivity (Wildman–Crippen MR) is 169 cm³/mol. The molecule has 49 heavy (non-hydrogen) atoms. The van der Waals surface area contributed by atoms with E-state index in [0.29, 0.717) is 11.3 Å². The lowest BCUT2D eigenvalue weighted by molar-refractivity contribution is -0.144. The minimum Gasteiger partial charge on any atom is -0.481 e. The molecule has 21 heteroatoms. The number of hydrogen-bond acceptors (Lipinski definition) is 14. The van der Waals surface area contributed by atoms with E-state index in [1.54, 1.807) is 12.1 Å². The molecule has 1 aromatic carbocycles. The van der Waals surface area contributed by atoms with E-state index in [1.165, 1.54) is 6.07 Å². The SMILES string of the molecule is Cc1cc(=O)oc2cc(N)ccc12.N[C@@H](CC(=O)O)C(=O)O.N[C@@H](CC(=O)O)C(=O)O.N[C@@H](CCC(=O)O)C(=O)O.O=C(O)[C@@H]1CCCN1. The van der Waals surface area contributed by atoms with Crippen LogP contribution in [0, 0.1) is 6.92 Å². The summed E-state index contributed by atoms with van der Waals surface area (Å²) in [4.78, 5) is 80.3. The first-order valence-electron chi connectivity index (χ1n) is 14.0. The lowest BCUT2D eigenvalue weighted by atomic mass is 10.1. The van der Waals surface area contributed by atoms with E-state index in [4.69, 9.17) is 63.1 Å². The van der Waals surface area contributed by atoms with Crippen LogP contribution in [0.2, 0.25) is 0 Å². The minimum absolute atomic E-state index is 0.0231. The number of rotatable bonds is 11. The van der Waals surface area contributed by atoms with Crippen LogP contribution in [0.5, 0.6) is 0 Å². The van der Waals surface area contributed by atoms with Crippen molar-refractivity contribution in [2.45, 2.75) is 69.6 Å². The maximum atomic E-state index is 11.0. The zero-order valence-corrected chi connectivity index (χ0v) is 26.2.